The van der Waals surface area contributed by atoms with Crippen LogP contribution in [0.4, 0.5) is 0 Å². The van der Waals surface area contributed by atoms with Crippen LogP contribution in [0.25, 0.3) is 11.1 Å². The SMILES string of the molecule is CCOC(=O)c1c(COC(C)=O)c(-c2ccccc2Br)c(C(=O)OCC)c(C(=O)OCC)c1C(=O)OCC. The van der Waals surface area contributed by atoms with Crippen molar-refractivity contribution < 1.29 is 47.7 Å². The maximum Gasteiger partial charge on any atom is 0.339 e. The van der Waals surface area contributed by atoms with E-state index in [1.807, 2.05) is 0 Å². The van der Waals surface area contributed by atoms with Gasteiger partial charge in [0.2, 0.25) is 0 Å². The molecular formula is C27H29BrO10. The zero-order valence-corrected chi connectivity index (χ0v) is 23.4. The van der Waals surface area contributed by atoms with E-state index in [2.05, 4.69) is 15.9 Å². The fourth-order valence-electron chi connectivity index (χ4n) is 3.73. The Bertz CT molecular complexity index is 1230. The molecule has 0 heterocycles. The number of carbonyl (C=O) groups is 5. The van der Waals surface area contributed by atoms with Gasteiger partial charge in [-0.3, -0.25) is 4.79 Å². The summed E-state index contributed by atoms with van der Waals surface area (Å²) < 4.78 is 26.7. The zero-order chi connectivity index (χ0) is 28.4. The molecule has 2 rings (SSSR count). The van der Waals surface area contributed by atoms with Crippen molar-refractivity contribution >= 4 is 45.8 Å². The topological polar surface area (TPSA) is 132 Å². The Balaban J connectivity index is 3.34. The lowest BCUT2D eigenvalue weighted by Crippen LogP contribution is -2.27. The van der Waals surface area contributed by atoms with Crippen molar-refractivity contribution in [3.63, 3.8) is 0 Å². The van der Waals surface area contributed by atoms with E-state index < -0.39 is 53.1 Å². The zero-order valence-electron chi connectivity index (χ0n) is 21.8. The Kier molecular flexibility index (Phi) is 11.5. The standard InChI is InChI=1S/C27H29BrO10/c1-6-34-24(30)20-17(14-38-15(5)29)19(16-12-10-11-13-18(16)28)21(25(31)35-7-2)23(27(33)37-9-4)22(20)26(32)36-8-3/h10-13H,6-9,14H2,1-5H3. The fourth-order valence-corrected chi connectivity index (χ4v) is 4.21. The Hall–Kier alpha value is -3.73. The Morgan fingerprint density at radius 3 is 1.50 bits per heavy atom. The quantitative estimate of drug-likeness (QED) is 0.262. The van der Waals surface area contributed by atoms with Crippen LogP contribution in [0.2, 0.25) is 0 Å². The van der Waals surface area contributed by atoms with Crippen molar-refractivity contribution in [2.75, 3.05) is 26.4 Å². The third kappa shape index (κ3) is 6.77. The highest BCUT2D eigenvalue weighted by Crippen LogP contribution is 2.41. The lowest BCUT2D eigenvalue weighted by atomic mass is 9.83. The molecule has 11 heteroatoms. The van der Waals surface area contributed by atoms with Gasteiger partial charge in [0.05, 0.1) is 48.7 Å². The van der Waals surface area contributed by atoms with Gasteiger partial charge in [0, 0.05) is 22.5 Å². The van der Waals surface area contributed by atoms with Crippen molar-refractivity contribution in [3.05, 3.63) is 56.6 Å². The van der Waals surface area contributed by atoms with Crippen molar-refractivity contribution in [1.29, 1.82) is 0 Å². The number of benzene rings is 2. The summed E-state index contributed by atoms with van der Waals surface area (Å²) in [7, 11) is 0. The molecule has 0 unspecified atom stereocenters. The van der Waals surface area contributed by atoms with E-state index >= 15 is 0 Å². The molecule has 204 valence electrons. The lowest BCUT2D eigenvalue weighted by molar-refractivity contribution is -0.142. The van der Waals surface area contributed by atoms with Crippen LogP contribution in [-0.4, -0.2) is 56.3 Å². The molecule has 0 amide bonds. The molecule has 0 aliphatic heterocycles. The van der Waals surface area contributed by atoms with E-state index in [1.165, 1.54) is 6.92 Å². The highest BCUT2D eigenvalue weighted by Gasteiger charge is 2.39. The van der Waals surface area contributed by atoms with Crippen LogP contribution in [0, 0.1) is 0 Å². The molecule has 0 spiro atoms. The van der Waals surface area contributed by atoms with Gasteiger partial charge in [-0.2, -0.15) is 0 Å². The van der Waals surface area contributed by atoms with Crippen LogP contribution < -0.4 is 0 Å². The summed E-state index contributed by atoms with van der Waals surface area (Å²) in [6.07, 6.45) is 0. The van der Waals surface area contributed by atoms with E-state index in [4.69, 9.17) is 23.7 Å². The summed E-state index contributed by atoms with van der Waals surface area (Å²) in [6.45, 7) is 6.48. The molecule has 0 atom stereocenters. The maximum atomic E-state index is 13.5. The Morgan fingerprint density at radius 1 is 0.632 bits per heavy atom. The van der Waals surface area contributed by atoms with Gasteiger partial charge >= 0.3 is 29.8 Å². The first kappa shape index (κ1) is 30.5. The smallest absolute Gasteiger partial charge is 0.339 e. The molecule has 0 aromatic heterocycles. The van der Waals surface area contributed by atoms with Gasteiger partial charge in [0.15, 0.2) is 0 Å². The largest absolute Gasteiger partial charge is 0.462 e. The summed E-state index contributed by atoms with van der Waals surface area (Å²) in [5.74, 6) is -4.79. The minimum Gasteiger partial charge on any atom is -0.462 e. The van der Waals surface area contributed by atoms with Gasteiger partial charge < -0.3 is 23.7 Å². The second-order valence-electron chi connectivity index (χ2n) is 7.50. The third-order valence-electron chi connectivity index (χ3n) is 5.08. The molecule has 2 aromatic rings. The van der Waals surface area contributed by atoms with Crippen LogP contribution in [-0.2, 0) is 35.1 Å². The number of esters is 5. The van der Waals surface area contributed by atoms with E-state index in [1.54, 1.807) is 45.0 Å². The molecule has 0 fully saturated rings. The summed E-state index contributed by atoms with van der Waals surface area (Å²) in [6, 6.07) is 6.67. The molecular weight excluding hydrogens is 564 g/mol. The van der Waals surface area contributed by atoms with Gasteiger partial charge in [-0.1, -0.05) is 34.1 Å². The minimum absolute atomic E-state index is 0.0244. The first-order valence-corrected chi connectivity index (χ1v) is 12.7. The fraction of sp³-hybridized carbons (Fsp3) is 0.370. The van der Waals surface area contributed by atoms with Crippen LogP contribution in [0.15, 0.2) is 28.7 Å². The van der Waals surface area contributed by atoms with Crippen LogP contribution in [0.3, 0.4) is 0 Å². The monoisotopic (exact) mass is 592 g/mol. The molecule has 0 saturated heterocycles. The minimum atomic E-state index is -1.08. The van der Waals surface area contributed by atoms with Gasteiger partial charge in [-0.25, -0.2) is 19.2 Å². The van der Waals surface area contributed by atoms with E-state index in [0.717, 1.165) is 6.92 Å². The van der Waals surface area contributed by atoms with Crippen LogP contribution in [0.1, 0.15) is 81.6 Å². The molecule has 0 N–H and O–H groups in total. The maximum absolute atomic E-state index is 13.5. The molecule has 10 nitrogen and oxygen atoms in total. The van der Waals surface area contributed by atoms with Crippen molar-refractivity contribution in [3.8, 4) is 11.1 Å². The third-order valence-corrected chi connectivity index (χ3v) is 5.78. The van der Waals surface area contributed by atoms with Crippen molar-refractivity contribution in [1.82, 2.24) is 0 Å². The normalized spacial score (nSPS) is 10.4. The average Bonchev–Trinajstić information content (AvgIpc) is 2.86. The second kappa shape index (κ2) is 14.3. The molecule has 0 aliphatic carbocycles. The number of carbonyl (C=O) groups excluding carboxylic acids is 5. The van der Waals surface area contributed by atoms with Crippen LogP contribution in [0.5, 0.6) is 0 Å². The molecule has 0 radical (unpaired) electrons. The van der Waals surface area contributed by atoms with Crippen molar-refractivity contribution in [2.24, 2.45) is 0 Å². The molecule has 2 aromatic carbocycles. The summed E-state index contributed by atoms with van der Waals surface area (Å²) in [5.41, 5.74) is -1.50. The van der Waals surface area contributed by atoms with E-state index in [-0.39, 0.29) is 43.1 Å². The average molecular weight is 593 g/mol. The van der Waals surface area contributed by atoms with E-state index in [9.17, 15) is 24.0 Å². The number of ether oxygens (including phenoxy) is 5. The first-order valence-electron chi connectivity index (χ1n) is 11.9. The molecule has 0 saturated carbocycles. The summed E-state index contributed by atoms with van der Waals surface area (Å²) in [4.78, 5) is 65.5. The second-order valence-corrected chi connectivity index (χ2v) is 8.35. The number of halogens is 1. The highest BCUT2D eigenvalue weighted by atomic mass is 79.9. The predicted octanol–water partition coefficient (Wildman–Crippen LogP) is 4.89. The highest BCUT2D eigenvalue weighted by molar-refractivity contribution is 9.10. The Labute approximate surface area is 228 Å². The van der Waals surface area contributed by atoms with Crippen molar-refractivity contribution in [2.45, 2.75) is 41.2 Å². The lowest BCUT2D eigenvalue weighted by Gasteiger charge is -2.24. The van der Waals surface area contributed by atoms with E-state index in [0.29, 0.717) is 10.0 Å². The molecule has 0 aliphatic rings. The molecule has 0 bridgehead atoms. The predicted molar refractivity (Wildman–Crippen MR) is 139 cm³/mol. The van der Waals surface area contributed by atoms with Crippen LogP contribution >= 0.6 is 15.9 Å². The summed E-state index contributed by atoms with van der Waals surface area (Å²) >= 11 is 3.44. The van der Waals surface area contributed by atoms with Gasteiger partial charge in [0.25, 0.3) is 0 Å². The Morgan fingerprint density at radius 2 is 1.05 bits per heavy atom. The van der Waals surface area contributed by atoms with Gasteiger partial charge in [0.1, 0.15) is 6.61 Å². The molecule has 38 heavy (non-hydrogen) atoms. The van der Waals surface area contributed by atoms with Gasteiger partial charge in [-0.05, 0) is 39.3 Å². The number of hydrogen-bond donors (Lipinski definition) is 0. The first-order chi connectivity index (χ1) is 18.1. The number of hydrogen-bond acceptors (Lipinski definition) is 10. The summed E-state index contributed by atoms with van der Waals surface area (Å²) in [5, 5.41) is 0. The van der Waals surface area contributed by atoms with Gasteiger partial charge in [-0.15, -0.1) is 0 Å². The number of rotatable bonds is 11.